The van der Waals surface area contributed by atoms with Crippen molar-refractivity contribution >= 4 is 7.62 Å². The van der Waals surface area contributed by atoms with Gasteiger partial charge in [-0.2, -0.15) is 0 Å². The van der Waals surface area contributed by atoms with Crippen LogP contribution in [-0.2, 0) is 4.65 Å². The van der Waals surface area contributed by atoms with E-state index >= 15 is 0 Å². The van der Waals surface area contributed by atoms with Gasteiger partial charge in [-0.15, -0.1) is 0 Å². The molecular formula is C10H17BNO. The fourth-order valence-corrected chi connectivity index (χ4v) is 3.94. The summed E-state index contributed by atoms with van der Waals surface area (Å²) in [4.78, 5) is 0. The zero-order valence-electron chi connectivity index (χ0n) is 8.63. The molecule has 3 rings (SSSR count). The Labute approximate surface area is 80.7 Å². The largest absolute Gasteiger partial charge is 0.419 e. The van der Waals surface area contributed by atoms with Gasteiger partial charge < -0.3 is 9.88 Å². The van der Waals surface area contributed by atoms with Crippen LogP contribution < -0.4 is 5.23 Å². The van der Waals surface area contributed by atoms with Crippen LogP contribution in [0.5, 0.6) is 0 Å². The van der Waals surface area contributed by atoms with Crippen LogP contribution in [0.2, 0.25) is 0 Å². The summed E-state index contributed by atoms with van der Waals surface area (Å²) in [6.07, 6.45) is 3.14. The summed E-state index contributed by atoms with van der Waals surface area (Å²) < 4.78 is 5.71. The Morgan fingerprint density at radius 2 is 2.15 bits per heavy atom. The van der Waals surface area contributed by atoms with Crippen molar-refractivity contribution in [3.8, 4) is 0 Å². The van der Waals surface area contributed by atoms with E-state index < -0.39 is 0 Å². The number of hydrogen-bond acceptors (Lipinski definition) is 2. The Kier molecular flexibility index (Phi) is 1.37. The summed E-state index contributed by atoms with van der Waals surface area (Å²) in [5.41, 5.74) is 0.839. The first-order valence-electron chi connectivity index (χ1n) is 5.30. The van der Waals surface area contributed by atoms with E-state index in [4.69, 9.17) is 4.65 Å². The van der Waals surface area contributed by atoms with Crippen molar-refractivity contribution in [1.29, 1.82) is 0 Å². The van der Waals surface area contributed by atoms with Crippen LogP contribution in [0.3, 0.4) is 0 Å². The van der Waals surface area contributed by atoms with Crippen molar-refractivity contribution in [2.24, 2.45) is 16.7 Å². The molecule has 0 aromatic heterocycles. The maximum atomic E-state index is 5.71. The van der Waals surface area contributed by atoms with Crippen molar-refractivity contribution in [3.63, 3.8) is 0 Å². The van der Waals surface area contributed by atoms with Crippen LogP contribution in [-0.4, -0.2) is 19.8 Å². The third kappa shape index (κ3) is 0.711. The molecule has 2 nitrogen and oxygen atoms in total. The Bertz CT molecular complexity index is 253. The molecule has 0 aromatic rings. The number of rotatable bonds is 0. The zero-order chi connectivity index (χ0) is 9.27. The van der Waals surface area contributed by atoms with Crippen molar-refractivity contribution in [3.05, 3.63) is 0 Å². The molecule has 1 radical (unpaired) electrons. The molecule has 3 heteroatoms. The Balaban J connectivity index is 2.07. The second kappa shape index (κ2) is 2.14. The van der Waals surface area contributed by atoms with Crippen LogP contribution in [0.1, 0.15) is 33.6 Å². The Hall–Kier alpha value is -0.0151. The van der Waals surface area contributed by atoms with E-state index in [1.54, 1.807) is 7.62 Å². The molecule has 3 fully saturated rings. The monoisotopic (exact) mass is 178 g/mol. The molecule has 13 heavy (non-hydrogen) atoms. The third-order valence-electron chi connectivity index (χ3n) is 5.24. The van der Waals surface area contributed by atoms with Crippen molar-refractivity contribution < 1.29 is 4.65 Å². The minimum atomic E-state index is 0.391. The summed E-state index contributed by atoms with van der Waals surface area (Å²) in [5, 5.41) is 3.38. The predicted molar refractivity (Wildman–Crippen MR) is 52.2 cm³/mol. The maximum absolute atomic E-state index is 5.71. The van der Waals surface area contributed by atoms with Gasteiger partial charge in [-0.1, -0.05) is 20.8 Å². The summed E-state index contributed by atoms with van der Waals surface area (Å²) in [6.45, 7) is 7.22. The van der Waals surface area contributed by atoms with Crippen LogP contribution in [0, 0.1) is 16.7 Å². The van der Waals surface area contributed by atoms with Crippen LogP contribution in [0.15, 0.2) is 0 Å². The van der Waals surface area contributed by atoms with Gasteiger partial charge in [-0.05, 0) is 29.6 Å². The highest BCUT2D eigenvalue weighted by Gasteiger charge is 2.67. The fourth-order valence-electron chi connectivity index (χ4n) is 3.94. The molecular weight excluding hydrogens is 161 g/mol. The summed E-state index contributed by atoms with van der Waals surface area (Å²) >= 11 is 0. The van der Waals surface area contributed by atoms with E-state index in [-0.39, 0.29) is 0 Å². The summed E-state index contributed by atoms with van der Waals surface area (Å²) in [5.74, 6) is 0.807. The van der Waals surface area contributed by atoms with E-state index in [2.05, 4.69) is 26.0 Å². The lowest BCUT2D eigenvalue weighted by Crippen LogP contribution is -2.40. The molecule has 71 valence electrons. The van der Waals surface area contributed by atoms with Gasteiger partial charge in [-0.25, -0.2) is 0 Å². The van der Waals surface area contributed by atoms with Gasteiger partial charge >= 0.3 is 7.62 Å². The second-order valence-electron chi connectivity index (χ2n) is 5.65. The van der Waals surface area contributed by atoms with Crippen LogP contribution in [0.25, 0.3) is 0 Å². The van der Waals surface area contributed by atoms with E-state index in [9.17, 15) is 0 Å². The molecule has 2 aliphatic carbocycles. The summed E-state index contributed by atoms with van der Waals surface area (Å²) in [7, 11) is 1.81. The number of fused-ring (bicyclic) bond motifs is 5. The minimum absolute atomic E-state index is 0.391. The van der Waals surface area contributed by atoms with Crippen LogP contribution >= 0.6 is 0 Å². The van der Waals surface area contributed by atoms with Gasteiger partial charge in [0.2, 0.25) is 0 Å². The van der Waals surface area contributed by atoms with E-state index in [1.165, 1.54) is 12.8 Å². The molecule has 1 saturated heterocycles. The number of nitrogens with one attached hydrogen (secondary N) is 1. The zero-order valence-corrected chi connectivity index (χ0v) is 8.63. The molecule has 0 amide bonds. The van der Waals surface area contributed by atoms with Crippen molar-refractivity contribution in [2.45, 2.75) is 45.8 Å². The van der Waals surface area contributed by atoms with E-state index in [0.29, 0.717) is 23.0 Å². The molecule has 0 aromatic carbocycles. The average Bonchev–Trinajstić information content (AvgIpc) is 2.63. The molecule has 4 unspecified atom stereocenters. The van der Waals surface area contributed by atoms with Gasteiger partial charge in [-0.3, -0.25) is 0 Å². The van der Waals surface area contributed by atoms with Gasteiger partial charge in [0.25, 0.3) is 0 Å². The summed E-state index contributed by atoms with van der Waals surface area (Å²) in [6, 6.07) is 0.591. The first kappa shape index (κ1) is 8.31. The molecule has 0 spiro atoms. The second-order valence-corrected chi connectivity index (χ2v) is 5.65. The predicted octanol–water partition coefficient (Wildman–Crippen LogP) is 1.33. The minimum Gasteiger partial charge on any atom is -0.419 e. The molecule has 2 bridgehead atoms. The lowest BCUT2D eigenvalue weighted by atomic mass is 9.70. The smallest absolute Gasteiger partial charge is 0.396 e. The van der Waals surface area contributed by atoms with Gasteiger partial charge in [0.15, 0.2) is 0 Å². The normalized spacial score (nSPS) is 56.4. The molecule has 4 atom stereocenters. The Morgan fingerprint density at radius 1 is 1.38 bits per heavy atom. The van der Waals surface area contributed by atoms with Crippen molar-refractivity contribution in [2.75, 3.05) is 0 Å². The third-order valence-corrected chi connectivity index (χ3v) is 5.24. The van der Waals surface area contributed by atoms with Gasteiger partial charge in [0.05, 0.1) is 6.10 Å². The van der Waals surface area contributed by atoms with Gasteiger partial charge in [0.1, 0.15) is 0 Å². The molecule has 1 aliphatic heterocycles. The Morgan fingerprint density at radius 3 is 2.85 bits per heavy atom. The van der Waals surface area contributed by atoms with E-state index in [0.717, 1.165) is 5.92 Å². The molecule has 1 heterocycles. The molecule has 1 N–H and O–H groups in total. The highest BCUT2D eigenvalue weighted by Crippen LogP contribution is 2.66. The lowest BCUT2D eigenvalue weighted by molar-refractivity contribution is 0.0388. The first-order chi connectivity index (χ1) is 6.07. The van der Waals surface area contributed by atoms with Crippen molar-refractivity contribution in [1.82, 2.24) is 5.23 Å². The fraction of sp³-hybridized carbons (Fsp3) is 1.00. The van der Waals surface area contributed by atoms with Gasteiger partial charge in [0, 0.05) is 6.04 Å². The first-order valence-corrected chi connectivity index (χ1v) is 5.30. The quantitative estimate of drug-likeness (QED) is 0.565. The SMILES string of the molecule is CC1(C)C2CCC1(C)C1O[B]NC21. The maximum Gasteiger partial charge on any atom is 0.396 e. The highest BCUT2D eigenvalue weighted by molar-refractivity contribution is 6.25. The number of hydrogen-bond donors (Lipinski definition) is 1. The molecule has 2 saturated carbocycles. The molecule has 3 aliphatic rings. The van der Waals surface area contributed by atoms with E-state index in [1.807, 2.05) is 0 Å². The topological polar surface area (TPSA) is 21.3 Å². The van der Waals surface area contributed by atoms with Crippen LogP contribution in [0.4, 0.5) is 0 Å². The standard InChI is InChI=1S/C10H17BNO/c1-9(2)6-4-5-10(9,3)8-7(6)12-11-13-8/h6-8,12H,4-5H2,1-3H3. The lowest BCUT2D eigenvalue weighted by Gasteiger charge is -2.38. The average molecular weight is 178 g/mol. The highest BCUT2D eigenvalue weighted by atomic mass is 16.5.